The molecule has 21 heavy (non-hydrogen) atoms. The first-order valence-corrected chi connectivity index (χ1v) is 8.82. The van der Waals surface area contributed by atoms with Crippen molar-refractivity contribution in [3.63, 3.8) is 0 Å². The molecule has 0 aliphatic rings. The predicted molar refractivity (Wildman–Crippen MR) is 94.2 cm³/mol. The van der Waals surface area contributed by atoms with E-state index in [1.165, 1.54) is 4.88 Å². The SMILES string of the molecule is CNC(c1cc(Br)c(Br)s1)c1ccnn1-c1ccccc1. The van der Waals surface area contributed by atoms with Crippen molar-refractivity contribution in [3.05, 3.63) is 67.5 Å². The van der Waals surface area contributed by atoms with Gasteiger partial charge >= 0.3 is 0 Å². The number of benzene rings is 1. The molecule has 0 bridgehead atoms. The summed E-state index contributed by atoms with van der Waals surface area (Å²) in [5.74, 6) is 0. The fraction of sp³-hybridized carbons (Fsp3) is 0.133. The predicted octanol–water partition coefficient (Wildman–Crippen LogP) is 4.77. The molecule has 1 atom stereocenters. The van der Waals surface area contributed by atoms with E-state index in [2.05, 4.69) is 66.5 Å². The highest BCUT2D eigenvalue weighted by atomic mass is 79.9. The summed E-state index contributed by atoms with van der Waals surface area (Å²) in [5, 5.41) is 7.85. The summed E-state index contributed by atoms with van der Waals surface area (Å²) in [5.41, 5.74) is 2.18. The second-order valence-corrected chi connectivity index (χ2v) is 7.75. The van der Waals surface area contributed by atoms with Gasteiger partial charge in [-0.3, -0.25) is 0 Å². The van der Waals surface area contributed by atoms with Crippen molar-refractivity contribution < 1.29 is 0 Å². The molecule has 0 radical (unpaired) electrons. The topological polar surface area (TPSA) is 29.9 Å². The molecular formula is C15H13Br2N3S. The number of nitrogens with one attached hydrogen (secondary N) is 1. The Hall–Kier alpha value is -0.950. The summed E-state index contributed by atoms with van der Waals surface area (Å²) in [6, 6.07) is 14.5. The number of thiophene rings is 1. The first kappa shape index (κ1) is 15.0. The maximum atomic E-state index is 4.47. The van der Waals surface area contributed by atoms with Crippen molar-refractivity contribution in [2.75, 3.05) is 7.05 Å². The molecule has 2 heterocycles. The normalized spacial score (nSPS) is 12.5. The summed E-state index contributed by atoms with van der Waals surface area (Å²) < 4.78 is 4.15. The number of para-hydroxylation sites is 1. The zero-order chi connectivity index (χ0) is 14.8. The smallest absolute Gasteiger partial charge is 0.0844 e. The highest BCUT2D eigenvalue weighted by Gasteiger charge is 2.20. The average Bonchev–Trinajstić information content (AvgIpc) is 3.09. The van der Waals surface area contributed by atoms with Crippen LogP contribution in [0.5, 0.6) is 0 Å². The minimum Gasteiger partial charge on any atom is -0.307 e. The number of rotatable bonds is 4. The molecule has 1 N–H and O–H groups in total. The van der Waals surface area contributed by atoms with Crippen LogP contribution in [-0.4, -0.2) is 16.8 Å². The molecule has 3 nitrogen and oxygen atoms in total. The lowest BCUT2D eigenvalue weighted by molar-refractivity contribution is 0.646. The van der Waals surface area contributed by atoms with Crippen LogP contribution in [0.25, 0.3) is 5.69 Å². The number of halogens is 2. The molecule has 0 fully saturated rings. The van der Waals surface area contributed by atoms with Crippen molar-refractivity contribution in [3.8, 4) is 5.69 Å². The molecule has 0 spiro atoms. The first-order chi connectivity index (χ1) is 10.2. The van der Waals surface area contributed by atoms with Crippen LogP contribution in [0.2, 0.25) is 0 Å². The van der Waals surface area contributed by atoms with Gasteiger partial charge in [0.2, 0.25) is 0 Å². The van der Waals surface area contributed by atoms with Crippen LogP contribution in [0.1, 0.15) is 16.6 Å². The van der Waals surface area contributed by atoms with Gasteiger partial charge in [0.1, 0.15) is 0 Å². The summed E-state index contributed by atoms with van der Waals surface area (Å²) in [6.07, 6.45) is 1.84. The van der Waals surface area contributed by atoms with Crippen molar-refractivity contribution in [2.45, 2.75) is 6.04 Å². The second kappa shape index (κ2) is 6.44. The van der Waals surface area contributed by atoms with E-state index in [1.54, 1.807) is 11.3 Å². The lowest BCUT2D eigenvalue weighted by Crippen LogP contribution is -2.20. The third-order valence-electron chi connectivity index (χ3n) is 3.21. The lowest BCUT2D eigenvalue weighted by atomic mass is 10.1. The maximum absolute atomic E-state index is 4.47. The Morgan fingerprint density at radius 1 is 1.19 bits per heavy atom. The second-order valence-electron chi connectivity index (χ2n) is 4.50. The van der Waals surface area contributed by atoms with Crippen LogP contribution < -0.4 is 5.32 Å². The molecule has 2 aromatic heterocycles. The summed E-state index contributed by atoms with van der Waals surface area (Å²) in [6.45, 7) is 0. The molecular weight excluding hydrogens is 414 g/mol. The van der Waals surface area contributed by atoms with Gasteiger partial charge in [0.25, 0.3) is 0 Å². The summed E-state index contributed by atoms with van der Waals surface area (Å²) in [7, 11) is 1.97. The molecule has 0 saturated carbocycles. The van der Waals surface area contributed by atoms with Crippen LogP contribution in [0.15, 0.2) is 56.9 Å². The van der Waals surface area contributed by atoms with Crippen LogP contribution >= 0.6 is 43.2 Å². The van der Waals surface area contributed by atoms with Gasteiger partial charge in [-0.05, 0) is 63.2 Å². The standard InChI is InChI=1S/C15H13Br2N3S/c1-18-14(13-9-11(16)15(17)21-13)12-7-8-19-20(12)10-5-3-2-4-6-10/h2-9,14,18H,1H3. The van der Waals surface area contributed by atoms with Crippen molar-refractivity contribution in [1.29, 1.82) is 0 Å². The molecule has 1 unspecified atom stereocenters. The molecule has 108 valence electrons. The molecule has 0 saturated heterocycles. The van der Waals surface area contributed by atoms with Gasteiger partial charge in [0.05, 0.1) is 21.2 Å². The number of hydrogen-bond donors (Lipinski definition) is 1. The van der Waals surface area contributed by atoms with E-state index >= 15 is 0 Å². The fourth-order valence-electron chi connectivity index (χ4n) is 2.26. The molecule has 3 aromatic rings. The van der Waals surface area contributed by atoms with E-state index in [0.717, 1.165) is 19.6 Å². The van der Waals surface area contributed by atoms with Crippen LogP contribution in [0, 0.1) is 0 Å². The molecule has 0 aliphatic carbocycles. The fourth-order valence-corrected chi connectivity index (χ4v) is 4.47. The Labute approximate surface area is 144 Å². The number of nitrogens with zero attached hydrogens (tertiary/aromatic N) is 2. The zero-order valence-corrected chi connectivity index (χ0v) is 15.2. The van der Waals surface area contributed by atoms with Crippen LogP contribution in [0.4, 0.5) is 0 Å². The van der Waals surface area contributed by atoms with Crippen LogP contribution in [-0.2, 0) is 0 Å². The quantitative estimate of drug-likeness (QED) is 0.651. The van der Waals surface area contributed by atoms with Gasteiger partial charge in [0.15, 0.2) is 0 Å². The average molecular weight is 427 g/mol. The van der Waals surface area contributed by atoms with Gasteiger partial charge in [-0.25, -0.2) is 4.68 Å². The van der Waals surface area contributed by atoms with Gasteiger partial charge in [-0.15, -0.1) is 11.3 Å². The minimum absolute atomic E-state index is 0.0975. The Kier molecular flexibility index (Phi) is 4.59. The molecule has 1 aromatic carbocycles. The van der Waals surface area contributed by atoms with E-state index in [4.69, 9.17) is 0 Å². The largest absolute Gasteiger partial charge is 0.307 e. The van der Waals surface area contributed by atoms with Crippen molar-refractivity contribution in [2.24, 2.45) is 0 Å². The van der Waals surface area contributed by atoms with E-state index < -0.39 is 0 Å². The Balaban J connectivity index is 2.05. The minimum atomic E-state index is 0.0975. The Morgan fingerprint density at radius 3 is 2.57 bits per heavy atom. The molecule has 6 heteroatoms. The van der Waals surface area contributed by atoms with Gasteiger partial charge < -0.3 is 5.32 Å². The summed E-state index contributed by atoms with van der Waals surface area (Å²) in [4.78, 5) is 1.23. The Bertz CT molecular complexity index is 717. The van der Waals surface area contributed by atoms with Gasteiger partial charge in [0, 0.05) is 15.5 Å². The van der Waals surface area contributed by atoms with Crippen molar-refractivity contribution in [1.82, 2.24) is 15.1 Å². The third kappa shape index (κ3) is 2.99. The lowest BCUT2D eigenvalue weighted by Gasteiger charge is -2.16. The highest BCUT2D eigenvalue weighted by Crippen LogP contribution is 2.37. The van der Waals surface area contributed by atoms with E-state index in [-0.39, 0.29) is 6.04 Å². The first-order valence-electron chi connectivity index (χ1n) is 6.42. The monoisotopic (exact) mass is 425 g/mol. The zero-order valence-electron chi connectivity index (χ0n) is 11.3. The highest BCUT2D eigenvalue weighted by molar-refractivity contribution is 9.13. The van der Waals surface area contributed by atoms with Gasteiger partial charge in [-0.1, -0.05) is 18.2 Å². The third-order valence-corrected chi connectivity index (χ3v) is 6.53. The molecule has 0 aliphatic heterocycles. The molecule has 3 rings (SSSR count). The number of hydrogen-bond acceptors (Lipinski definition) is 3. The summed E-state index contributed by atoms with van der Waals surface area (Å²) >= 11 is 8.83. The van der Waals surface area contributed by atoms with E-state index in [1.807, 2.05) is 36.1 Å². The van der Waals surface area contributed by atoms with E-state index in [9.17, 15) is 0 Å². The number of aromatic nitrogens is 2. The molecule has 0 amide bonds. The van der Waals surface area contributed by atoms with Gasteiger partial charge in [-0.2, -0.15) is 5.10 Å². The Morgan fingerprint density at radius 2 is 1.95 bits per heavy atom. The maximum Gasteiger partial charge on any atom is 0.0844 e. The van der Waals surface area contributed by atoms with Crippen LogP contribution in [0.3, 0.4) is 0 Å². The van der Waals surface area contributed by atoms with Crippen molar-refractivity contribution >= 4 is 43.2 Å². The van der Waals surface area contributed by atoms with E-state index in [0.29, 0.717) is 0 Å².